The number of hydrogen-bond donors (Lipinski definition) is 2. The predicted octanol–water partition coefficient (Wildman–Crippen LogP) is 21.0. The van der Waals surface area contributed by atoms with Crippen LogP contribution in [0.3, 0.4) is 0 Å². The first kappa shape index (κ1) is 87.7. The molecule has 16 nitrogen and oxygen atoms in total. The zero-order valence-corrected chi connectivity index (χ0v) is 55.8. The molecule has 19 heteroatoms. The molecule has 0 bridgehead atoms. The Labute approximate surface area is 525 Å². The van der Waals surface area contributed by atoms with Crippen LogP contribution in [0.25, 0.3) is 0 Å². The number of isocyanates is 4. The Hall–Kier alpha value is -8.05. The number of ether oxygens (including phenoxy) is 2. The maximum atomic E-state index is 12.0. The minimum Gasteiger partial charge on any atom is -0.449 e. The van der Waals surface area contributed by atoms with Crippen LogP contribution in [0.15, 0.2) is 202 Å². The van der Waals surface area contributed by atoms with E-state index in [1.54, 1.807) is 48.5 Å². The Balaban J connectivity index is -0.000000360. The van der Waals surface area contributed by atoms with Crippen molar-refractivity contribution in [1.82, 2.24) is 0 Å². The van der Waals surface area contributed by atoms with Gasteiger partial charge in [0, 0.05) is 11.4 Å². The van der Waals surface area contributed by atoms with Gasteiger partial charge in [0.1, 0.15) is 0 Å². The molecule has 0 saturated heterocycles. The van der Waals surface area contributed by atoms with Crippen LogP contribution < -0.4 is 10.6 Å². The van der Waals surface area contributed by atoms with Gasteiger partial charge in [0.25, 0.3) is 0 Å². The molecule has 476 valence electrons. The minimum atomic E-state index is -2.36. The largest absolute Gasteiger partial charge is 0.449 e. The fourth-order valence-electron chi connectivity index (χ4n) is 6.35. The Kier molecular flexibility index (Phi) is 60.2. The van der Waals surface area contributed by atoms with Crippen molar-refractivity contribution in [3.63, 3.8) is 0 Å². The molecule has 0 saturated carbocycles. The number of nitrogens with zero attached hydrogens (tertiary/aromatic N) is 4. The van der Waals surface area contributed by atoms with Gasteiger partial charge in [0.05, 0.1) is 36.0 Å². The number of nitrogens with one attached hydrogen (secondary N) is 2. The van der Waals surface area contributed by atoms with Gasteiger partial charge < -0.3 is 17.7 Å². The Bertz CT molecular complexity index is 2450. The number of anilines is 2. The summed E-state index contributed by atoms with van der Waals surface area (Å²) in [5.41, 5.74) is 4.01. The van der Waals surface area contributed by atoms with Crippen LogP contribution in [0.1, 0.15) is 109 Å². The number of carbonyl (C=O) groups excluding carboxylic acids is 6. The van der Waals surface area contributed by atoms with Crippen molar-refractivity contribution in [3.8, 4) is 0 Å². The molecular weight excluding hydrogens is 1150 g/mol. The number of aliphatic imine (C=N–C) groups is 4. The van der Waals surface area contributed by atoms with Crippen LogP contribution in [0.2, 0.25) is 51.4 Å². The van der Waals surface area contributed by atoms with Gasteiger partial charge in [-0.15, -0.1) is 0 Å². The molecule has 6 rings (SSSR count). The lowest BCUT2D eigenvalue weighted by Crippen LogP contribution is -2.52. The number of carbonyl (C=O) groups is 2. The van der Waals surface area contributed by atoms with Gasteiger partial charge in [0.15, 0.2) is 16.6 Å². The first-order valence-electron chi connectivity index (χ1n) is 28.6. The summed E-state index contributed by atoms with van der Waals surface area (Å²) in [6, 6.07) is 56.2. The molecule has 0 heterocycles. The van der Waals surface area contributed by atoms with Gasteiger partial charge in [-0.3, -0.25) is 10.6 Å². The van der Waals surface area contributed by atoms with Crippen molar-refractivity contribution in [2.24, 2.45) is 20.0 Å². The SMILES string of the molecule is C.C.CCC.CCC.CCC.CCC.C[Si](C)(CCCOC(=O)Nc1ccccc1)O[Si](C)(C)O[Si](C)(C)CCCOC(=O)Nc1ccccc1.O=C=Nc1ccccc1.O=C=Nc1ccccc1.O=C=Nc1ccccc1.O=C=Nc1ccccc1. The number of hydrogen-bond acceptors (Lipinski definition) is 14. The van der Waals surface area contributed by atoms with E-state index in [2.05, 4.69) is 125 Å². The third kappa shape index (κ3) is 58.1. The molecule has 0 aliphatic heterocycles. The molecule has 0 aliphatic carbocycles. The Morgan fingerprint density at radius 3 is 0.759 bits per heavy atom. The van der Waals surface area contributed by atoms with E-state index in [4.69, 9.17) is 17.7 Å². The van der Waals surface area contributed by atoms with E-state index in [0.29, 0.717) is 47.3 Å². The van der Waals surface area contributed by atoms with Crippen molar-refractivity contribution in [2.45, 2.75) is 160 Å². The molecule has 0 spiro atoms. The maximum Gasteiger partial charge on any atom is 0.411 e. The van der Waals surface area contributed by atoms with E-state index in [1.807, 2.05) is 133 Å². The Morgan fingerprint density at radius 2 is 0.563 bits per heavy atom. The highest BCUT2D eigenvalue weighted by Crippen LogP contribution is 2.26. The average molecular weight is 1250 g/mol. The van der Waals surface area contributed by atoms with Crippen LogP contribution in [0.4, 0.5) is 43.7 Å². The van der Waals surface area contributed by atoms with Crippen LogP contribution in [0, 0.1) is 0 Å². The monoisotopic (exact) mass is 1250 g/mol. The lowest BCUT2D eigenvalue weighted by atomic mass is 10.3. The molecule has 0 aliphatic rings. The fraction of sp³-hybridized carbons (Fsp3) is 0.382. The number of amides is 2. The van der Waals surface area contributed by atoms with Gasteiger partial charge in [-0.2, -0.15) is 20.0 Å². The zero-order chi connectivity index (χ0) is 64.3. The molecule has 87 heavy (non-hydrogen) atoms. The summed E-state index contributed by atoms with van der Waals surface area (Å²) in [7, 11) is -6.37. The van der Waals surface area contributed by atoms with Gasteiger partial charge in [-0.05, 0) is 137 Å². The van der Waals surface area contributed by atoms with Crippen LogP contribution in [-0.2, 0) is 36.9 Å². The second-order valence-electron chi connectivity index (χ2n) is 19.6. The molecular formula is C68H102N6O10Si3. The summed E-state index contributed by atoms with van der Waals surface area (Å²) in [6.07, 6.45) is 11.4. The summed E-state index contributed by atoms with van der Waals surface area (Å²) < 4.78 is 23.9. The number of para-hydroxylation sites is 6. The van der Waals surface area contributed by atoms with E-state index >= 15 is 0 Å². The predicted molar refractivity (Wildman–Crippen MR) is 371 cm³/mol. The highest BCUT2D eigenvalue weighted by Gasteiger charge is 2.39. The van der Waals surface area contributed by atoms with Gasteiger partial charge >= 0.3 is 20.7 Å². The molecule has 0 unspecified atom stereocenters. The van der Waals surface area contributed by atoms with Gasteiger partial charge in [0.2, 0.25) is 24.3 Å². The first-order valence-corrected chi connectivity index (χ1v) is 37.7. The third-order valence-electron chi connectivity index (χ3n) is 9.12. The molecule has 0 fully saturated rings. The van der Waals surface area contributed by atoms with Crippen molar-refractivity contribution in [1.29, 1.82) is 0 Å². The molecule has 2 amide bonds. The van der Waals surface area contributed by atoms with Crippen LogP contribution in [0.5, 0.6) is 0 Å². The molecule has 6 aromatic carbocycles. The molecule has 6 aromatic rings. The quantitative estimate of drug-likeness (QED) is 0.0359. The summed E-state index contributed by atoms with van der Waals surface area (Å²) in [6.45, 7) is 30.6. The minimum absolute atomic E-state index is 0. The normalized spacial score (nSPS) is 9.26. The summed E-state index contributed by atoms with van der Waals surface area (Å²) in [5, 5.41) is 5.44. The highest BCUT2D eigenvalue weighted by molar-refractivity contribution is 6.87. The van der Waals surface area contributed by atoms with Gasteiger partial charge in [-0.25, -0.2) is 28.8 Å². The van der Waals surface area contributed by atoms with E-state index in [-0.39, 0.29) is 14.9 Å². The molecule has 2 N–H and O–H groups in total. The average Bonchev–Trinajstić information content (AvgIpc) is 3.40. The lowest BCUT2D eigenvalue weighted by molar-refractivity contribution is 0.160. The van der Waals surface area contributed by atoms with E-state index in [9.17, 15) is 28.8 Å². The first-order chi connectivity index (χ1) is 40.7. The smallest absolute Gasteiger partial charge is 0.411 e. The number of benzene rings is 6. The topological polar surface area (TPSA) is 213 Å². The van der Waals surface area contributed by atoms with E-state index < -0.39 is 37.4 Å². The zero-order valence-electron chi connectivity index (χ0n) is 52.8. The van der Waals surface area contributed by atoms with Crippen molar-refractivity contribution >= 4 is 95.8 Å². The van der Waals surface area contributed by atoms with Crippen molar-refractivity contribution in [3.05, 3.63) is 182 Å². The van der Waals surface area contributed by atoms with E-state index in [0.717, 1.165) is 24.9 Å². The maximum absolute atomic E-state index is 12.0. The standard InChI is InChI=1S/C26H42N2O6Si3.4C7H5NO.4C3H8.2CH4/c1-35(2,21-13-19-31-25(29)27-23-15-9-7-10-16-23)33-37(5,6)34-36(3,4)22-14-20-32-26(30)28-24-17-11-8-12-18-24;4*9-6-8-7-4-2-1-3-5-7;4*1-3-2;;/h7-12,15-18H,13-14,19-22H2,1-6H3,(H,27,29)(H,28,30);4*1-5H;4*3H2,1-2H3;2*1H4. The third-order valence-corrected chi connectivity index (χ3v) is 20.6. The number of rotatable bonds is 18. The second-order valence-corrected chi connectivity index (χ2v) is 32.0. The van der Waals surface area contributed by atoms with Crippen molar-refractivity contribution in [2.75, 3.05) is 23.8 Å². The molecule has 0 atom stereocenters. The molecule has 0 aromatic heterocycles. The fourth-order valence-corrected chi connectivity index (χ4v) is 20.3. The lowest BCUT2D eigenvalue weighted by Gasteiger charge is -2.38. The summed E-state index contributed by atoms with van der Waals surface area (Å²) in [5.74, 6) is 0. The van der Waals surface area contributed by atoms with Crippen molar-refractivity contribution < 1.29 is 46.5 Å². The van der Waals surface area contributed by atoms with Crippen LogP contribution >= 0.6 is 0 Å². The van der Waals surface area contributed by atoms with Gasteiger partial charge in [-0.1, -0.05) is 205 Å². The van der Waals surface area contributed by atoms with Crippen LogP contribution in [-0.4, -0.2) is 74.9 Å². The molecule has 0 radical (unpaired) electrons. The van der Waals surface area contributed by atoms with E-state index in [1.165, 1.54) is 50.0 Å². The Morgan fingerprint density at radius 1 is 0.368 bits per heavy atom. The second kappa shape index (κ2) is 59.7. The summed E-state index contributed by atoms with van der Waals surface area (Å²) >= 11 is 0. The summed E-state index contributed by atoms with van der Waals surface area (Å²) in [4.78, 5) is 76.2. The highest BCUT2D eigenvalue weighted by atomic mass is 28.5.